The SMILES string of the molecule is CN(C)/C=C(/Sc1ccc(Cl)cc1)C(=O)c1ccc(C#N)cc1. The molecule has 2 rings (SSSR count). The molecule has 0 unspecified atom stereocenters. The Morgan fingerprint density at radius 3 is 2.26 bits per heavy atom. The van der Waals surface area contributed by atoms with E-state index >= 15 is 0 Å². The Kier molecular flexibility index (Phi) is 5.86. The van der Waals surface area contributed by atoms with E-state index in [2.05, 4.69) is 0 Å². The Hall–Kier alpha value is -2.22. The highest BCUT2D eigenvalue weighted by Crippen LogP contribution is 2.30. The predicted octanol–water partition coefficient (Wildman–Crippen LogP) is 4.59. The minimum absolute atomic E-state index is 0.0804. The average Bonchev–Trinajstić information content (AvgIpc) is 2.55. The van der Waals surface area contributed by atoms with Gasteiger partial charge >= 0.3 is 0 Å². The summed E-state index contributed by atoms with van der Waals surface area (Å²) < 4.78 is 0. The largest absolute Gasteiger partial charge is 0.382 e. The van der Waals surface area contributed by atoms with Crippen LogP contribution in [0.15, 0.2) is 64.5 Å². The van der Waals surface area contributed by atoms with Crippen molar-refractivity contribution >= 4 is 29.1 Å². The summed E-state index contributed by atoms with van der Waals surface area (Å²) in [5, 5.41) is 9.50. The van der Waals surface area contributed by atoms with E-state index in [1.165, 1.54) is 11.8 Å². The van der Waals surface area contributed by atoms with Gasteiger partial charge in [0.25, 0.3) is 0 Å². The number of carbonyl (C=O) groups is 1. The molecule has 0 amide bonds. The number of hydrogen-bond donors (Lipinski definition) is 0. The molecule has 2 aromatic rings. The monoisotopic (exact) mass is 342 g/mol. The molecule has 0 radical (unpaired) electrons. The lowest BCUT2D eigenvalue weighted by Gasteiger charge is -2.11. The van der Waals surface area contributed by atoms with E-state index in [1.807, 2.05) is 37.2 Å². The zero-order valence-corrected chi connectivity index (χ0v) is 14.4. The van der Waals surface area contributed by atoms with Crippen LogP contribution in [0.2, 0.25) is 5.02 Å². The second-order valence-electron chi connectivity index (χ2n) is 5.03. The van der Waals surface area contributed by atoms with Gasteiger partial charge in [-0.15, -0.1) is 0 Å². The molecule has 0 fully saturated rings. The maximum Gasteiger partial charge on any atom is 0.201 e. The number of nitrogens with zero attached hydrogens (tertiary/aromatic N) is 2. The van der Waals surface area contributed by atoms with Crippen molar-refractivity contribution in [1.82, 2.24) is 4.90 Å². The molecule has 0 aromatic heterocycles. The van der Waals surface area contributed by atoms with Gasteiger partial charge in [0.2, 0.25) is 5.78 Å². The highest BCUT2D eigenvalue weighted by molar-refractivity contribution is 8.04. The maximum atomic E-state index is 12.7. The minimum Gasteiger partial charge on any atom is -0.382 e. The van der Waals surface area contributed by atoms with Crippen molar-refractivity contribution in [1.29, 1.82) is 5.26 Å². The molecule has 5 heteroatoms. The van der Waals surface area contributed by atoms with Crippen molar-refractivity contribution in [3.8, 4) is 6.07 Å². The Bertz CT molecular complexity index is 759. The Morgan fingerprint density at radius 2 is 1.74 bits per heavy atom. The molecule has 0 aliphatic rings. The molecule has 0 atom stereocenters. The van der Waals surface area contributed by atoms with E-state index in [9.17, 15) is 4.79 Å². The predicted molar refractivity (Wildman–Crippen MR) is 94.6 cm³/mol. The lowest BCUT2D eigenvalue weighted by molar-refractivity contribution is 0.104. The van der Waals surface area contributed by atoms with Crippen molar-refractivity contribution in [2.75, 3.05) is 14.1 Å². The molecule has 0 saturated carbocycles. The van der Waals surface area contributed by atoms with Crippen LogP contribution in [-0.2, 0) is 0 Å². The number of halogens is 1. The number of nitriles is 1. The highest BCUT2D eigenvalue weighted by Gasteiger charge is 2.14. The minimum atomic E-state index is -0.0804. The van der Waals surface area contributed by atoms with E-state index in [4.69, 9.17) is 16.9 Å². The van der Waals surface area contributed by atoms with Crippen molar-refractivity contribution in [2.24, 2.45) is 0 Å². The van der Waals surface area contributed by atoms with E-state index in [0.29, 0.717) is 21.1 Å². The van der Waals surface area contributed by atoms with Gasteiger partial charge in [-0.1, -0.05) is 23.4 Å². The van der Waals surface area contributed by atoms with Gasteiger partial charge in [-0.2, -0.15) is 5.26 Å². The summed E-state index contributed by atoms with van der Waals surface area (Å²) in [6.07, 6.45) is 1.79. The Morgan fingerprint density at radius 1 is 1.13 bits per heavy atom. The quantitative estimate of drug-likeness (QED) is 0.453. The molecule has 2 aromatic carbocycles. The fourth-order valence-corrected chi connectivity index (χ4v) is 2.96. The van der Waals surface area contributed by atoms with E-state index in [-0.39, 0.29) is 5.78 Å². The molecule has 0 spiro atoms. The third-order valence-electron chi connectivity index (χ3n) is 2.92. The van der Waals surface area contributed by atoms with Crippen molar-refractivity contribution < 1.29 is 4.79 Å². The first kappa shape index (κ1) is 17.1. The smallest absolute Gasteiger partial charge is 0.201 e. The third kappa shape index (κ3) is 4.88. The van der Waals surface area contributed by atoms with E-state index in [1.54, 1.807) is 42.6 Å². The zero-order chi connectivity index (χ0) is 16.8. The molecule has 0 N–H and O–H groups in total. The maximum absolute atomic E-state index is 12.7. The summed E-state index contributed by atoms with van der Waals surface area (Å²) in [6.45, 7) is 0. The molecule has 3 nitrogen and oxygen atoms in total. The molecular formula is C18H15ClN2OS. The number of benzene rings is 2. The standard InChI is InChI=1S/C18H15ClN2OS/c1-21(2)12-17(23-16-9-7-15(19)8-10-16)18(22)14-5-3-13(11-20)4-6-14/h3-10,12H,1-2H3/b17-12+. The fourth-order valence-electron chi connectivity index (χ4n) is 1.83. The van der Waals surface area contributed by atoms with Gasteiger partial charge in [0.15, 0.2) is 0 Å². The molecule has 23 heavy (non-hydrogen) atoms. The van der Waals surface area contributed by atoms with Crippen LogP contribution < -0.4 is 0 Å². The van der Waals surface area contributed by atoms with Crippen LogP contribution in [-0.4, -0.2) is 24.8 Å². The van der Waals surface area contributed by atoms with E-state index < -0.39 is 0 Å². The zero-order valence-electron chi connectivity index (χ0n) is 12.8. The number of rotatable bonds is 5. The highest BCUT2D eigenvalue weighted by atomic mass is 35.5. The van der Waals surface area contributed by atoms with Crippen LogP contribution in [0.4, 0.5) is 0 Å². The van der Waals surface area contributed by atoms with Gasteiger partial charge in [0.1, 0.15) is 0 Å². The van der Waals surface area contributed by atoms with Gasteiger partial charge in [-0.05, 0) is 48.5 Å². The van der Waals surface area contributed by atoms with Crippen molar-refractivity contribution in [2.45, 2.75) is 4.90 Å². The summed E-state index contributed by atoms with van der Waals surface area (Å²) in [6, 6.07) is 16.0. The van der Waals surface area contributed by atoms with Gasteiger partial charge in [-0.3, -0.25) is 4.79 Å². The second kappa shape index (κ2) is 7.87. The molecule has 0 aliphatic carbocycles. The summed E-state index contributed by atoms with van der Waals surface area (Å²) in [7, 11) is 3.74. The lowest BCUT2D eigenvalue weighted by Crippen LogP contribution is -2.08. The number of allylic oxidation sites excluding steroid dienone is 1. The van der Waals surface area contributed by atoms with Crippen molar-refractivity contribution in [3.63, 3.8) is 0 Å². The van der Waals surface area contributed by atoms with Gasteiger partial charge in [0, 0.05) is 35.8 Å². The topological polar surface area (TPSA) is 44.1 Å². The van der Waals surface area contributed by atoms with Crippen molar-refractivity contribution in [3.05, 3.63) is 75.8 Å². The van der Waals surface area contributed by atoms with Gasteiger partial charge in [0.05, 0.1) is 16.5 Å². The third-order valence-corrected chi connectivity index (χ3v) is 4.19. The van der Waals surface area contributed by atoms with Crippen LogP contribution >= 0.6 is 23.4 Å². The molecule has 0 heterocycles. The first-order valence-corrected chi connectivity index (χ1v) is 8.05. The molecular weight excluding hydrogens is 328 g/mol. The first-order valence-electron chi connectivity index (χ1n) is 6.86. The number of carbonyl (C=O) groups excluding carboxylic acids is 1. The average molecular weight is 343 g/mol. The summed E-state index contributed by atoms with van der Waals surface area (Å²) in [5.41, 5.74) is 1.09. The Labute approximate surface area is 145 Å². The fraction of sp³-hybridized carbons (Fsp3) is 0.111. The van der Waals surface area contributed by atoms with Crippen LogP contribution in [0, 0.1) is 11.3 Å². The van der Waals surface area contributed by atoms with Gasteiger partial charge < -0.3 is 4.90 Å². The number of ketones is 1. The second-order valence-corrected chi connectivity index (χ2v) is 6.58. The van der Waals surface area contributed by atoms with Crippen LogP contribution in [0.5, 0.6) is 0 Å². The van der Waals surface area contributed by atoms with Crippen LogP contribution in [0.25, 0.3) is 0 Å². The van der Waals surface area contributed by atoms with Crippen LogP contribution in [0.3, 0.4) is 0 Å². The summed E-state index contributed by atoms with van der Waals surface area (Å²) >= 11 is 7.28. The number of hydrogen-bond acceptors (Lipinski definition) is 4. The molecule has 0 bridgehead atoms. The molecule has 0 aliphatic heterocycles. The summed E-state index contributed by atoms with van der Waals surface area (Å²) in [4.78, 5) is 16.1. The van der Waals surface area contributed by atoms with Gasteiger partial charge in [-0.25, -0.2) is 0 Å². The number of thioether (sulfide) groups is 1. The molecule has 116 valence electrons. The number of Topliss-reactive ketones (excluding diaryl/α,β-unsaturated/α-hetero) is 1. The first-order chi connectivity index (χ1) is 11.0. The van der Waals surface area contributed by atoms with E-state index in [0.717, 1.165) is 4.90 Å². The summed E-state index contributed by atoms with van der Waals surface area (Å²) in [5.74, 6) is -0.0804. The molecule has 0 saturated heterocycles. The normalized spacial score (nSPS) is 11.0. The van der Waals surface area contributed by atoms with Crippen LogP contribution in [0.1, 0.15) is 15.9 Å². The Balaban J connectivity index is 2.28. The lowest BCUT2D eigenvalue weighted by atomic mass is 10.1.